The summed E-state index contributed by atoms with van der Waals surface area (Å²) in [4.78, 5) is 6.86. The van der Waals surface area contributed by atoms with E-state index in [0.717, 1.165) is 37.6 Å². The van der Waals surface area contributed by atoms with Crippen molar-refractivity contribution in [3.63, 3.8) is 0 Å². The molecule has 1 atom stereocenters. The topological polar surface area (TPSA) is 28.2 Å². The zero-order valence-electron chi connectivity index (χ0n) is 11.5. The van der Waals surface area contributed by atoms with Crippen molar-refractivity contribution in [3.05, 3.63) is 29.6 Å². The Morgan fingerprint density at radius 3 is 2.82 bits per heavy atom. The maximum absolute atomic E-state index is 4.53. The van der Waals surface area contributed by atoms with Gasteiger partial charge in [-0.25, -0.2) is 0 Å². The highest BCUT2D eigenvalue weighted by Crippen LogP contribution is 2.04. The molecule has 0 aliphatic carbocycles. The fourth-order valence-electron chi connectivity index (χ4n) is 2.02. The van der Waals surface area contributed by atoms with Crippen LogP contribution >= 0.6 is 0 Å². The third-order valence-electron chi connectivity index (χ3n) is 2.74. The Morgan fingerprint density at radius 1 is 1.41 bits per heavy atom. The van der Waals surface area contributed by atoms with Crippen molar-refractivity contribution >= 4 is 0 Å². The smallest absolute Gasteiger partial charge is 0.0547 e. The standard InChI is InChI=1S/C14H25N3/c1-5-15-9-12(2)10-17(4)11-14-8-6-7-13(3)16-14/h6-8,12,15H,5,9-11H2,1-4H3. The quantitative estimate of drug-likeness (QED) is 0.784. The van der Waals surface area contributed by atoms with E-state index in [1.807, 2.05) is 13.0 Å². The first-order valence-electron chi connectivity index (χ1n) is 6.43. The number of hydrogen-bond donors (Lipinski definition) is 1. The van der Waals surface area contributed by atoms with Gasteiger partial charge in [0.2, 0.25) is 0 Å². The van der Waals surface area contributed by atoms with Gasteiger partial charge in [-0.05, 0) is 45.1 Å². The maximum atomic E-state index is 4.53. The molecule has 3 heteroatoms. The molecule has 0 aliphatic rings. The summed E-state index contributed by atoms with van der Waals surface area (Å²) in [6, 6.07) is 6.21. The molecule has 1 N–H and O–H groups in total. The lowest BCUT2D eigenvalue weighted by Gasteiger charge is -2.21. The molecule has 0 spiro atoms. The summed E-state index contributed by atoms with van der Waals surface area (Å²) in [5.41, 5.74) is 2.25. The second kappa shape index (κ2) is 7.41. The molecule has 0 radical (unpaired) electrons. The molecule has 0 aromatic carbocycles. The van der Waals surface area contributed by atoms with Crippen molar-refractivity contribution in [2.75, 3.05) is 26.7 Å². The molecule has 0 aliphatic heterocycles. The SMILES string of the molecule is CCNCC(C)CN(C)Cc1cccc(C)n1. The molecular formula is C14H25N3. The summed E-state index contributed by atoms with van der Waals surface area (Å²) >= 11 is 0. The highest BCUT2D eigenvalue weighted by atomic mass is 15.1. The van der Waals surface area contributed by atoms with Crippen LogP contribution in [0.15, 0.2) is 18.2 Å². The van der Waals surface area contributed by atoms with Crippen LogP contribution in [0.2, 0.25) is 0 Å². The van der Waals surface area contributed by atoms with Gasteiger partial charge in [0.15, 0.2) is 0 Å². The number of rotatable bonds is 7. The molecule has 0 saturated heterocycles. The third kappa shape index (κ3) is 5.80. The lowest BCUT2D eigenvalue weighted by Crippen LogP contribution is -2.30. The molecule has 0 fully saturated rings. The maximum Gasteiger partial charge on any atom is 0.0547 e. The lowest BCUT2D eigenvalue weighted by atomic mass is 10.1. The van der Waals surface area contributed by atoms with E-state index >= 15 is 0 Å². The van der Waals surface area contributed by atoms with Crippen molar-refractivity contribution in [2.45, 2.75) is 27.3 Å². The highest BCUT2D eigenvalue weighted by molar-refractivity contribution is 5.09. The molecule has 96 valence electrons. The summed E-state index contributed by atoms with van der Waals surface area (Å²) in [5, 5.41) is 3.38. The number of hydrogen-bond acceptors (Lipinski definition) is 3. The van der Waals surface area contributed by atoms with E-state index in [4.69, 9.17) is 0 Å². The van der Waals surface area contributed by atoms with Gasteiger partial charge in [0.1, 0.15) is 0 Å². The van der Waals surface area contributed by atoms with Crippen LogP contribution in [0.5, 0.6) is 0 Å². The Balaban J connectivity index is 2.36. The van der Waals surface area contributed by atoms with Gasteiger partial charge < -0.3 is 10.2 Å². The molecule has 0 bridgehead atoms. The zero-order chi connectivity index (χ0) is 12.7. The van der Waals surface area contributed by atoms with E-state index in [9.17, 15) is 0 Å². The van der Waals surface area contributed by atoms with E-state index < -0.39 is 0 Å². The number of pyridine rings is 1. The van der Waals surface area contributed by atoms with Crippen LogP contribution in [0.4, 0.5) is 0 Å². The monoisotopic (exact) mass is 235 g/mol. The Morgan fingerprint density at radius 2 is 2.18 bits per heavy atom. The van der Waals surface area contributed by atoms with Crippen LogP contribution in [-0.2, 0) is 6.54 Å². The van der Waals surface area contributed by atoms with Gasteiger partial charge >= 0.3 is 0 Å². The van der Waals surface area contributed by atoms with Crippen molar-refractivity contribution in [1.82, 2.24) is 15.2 Å². The summed E-state index contributed by atoms with van der Waals surface area (Å²) < 4.78 is 0. The zero-order valence-corrected chi connectivity index (χ0v) is 11.5. The van der Waals surface area contributed by atoms with E-state index in [-0.39, 0.29) is 0 Å². The van der Waals surface area contributed by atoms with Gasteiger partial charge in [-0.15, -0.1) is 0 Å². The molecule has 1 aromatic heterocycles. The minimum atomic E-state index is 0.671. The van der Waals surface area contributed by atoms with Gasteiger partial charge in [0.05, 0.1) is 5.69 Å². The fraction of sp³-hybridized carbons (Fsp3) is 0.643. The predicted molar refractivity (Wildman–Crippen MR) is 73.0 cm³/mol. The molecule has 1 unspecified atom stereocenters. The van der Waals surface area contributed by atoms with Crippen molar-refractivity contribution < 1.29 is 0 Å². The average molecular weight is 235 g/mol. The molecule has 1 heterocycles. The van der Waals surface area contributed by atoms with E-state index in [1.165, 1.54) is 0 Å². The van der Waals surface area contributed by atoms with Crippen molar-refractivity contribution in [2.24, 2.45) is 5.92 Å². The Labute approximate surface area is 105 Å². The number of aryl methyl sites for hydroxylation is 1. The molecule has 0 saturated carbocycles. The molecule has 3 nitrogen and oxygen atoms in total. The van der Waals surface area contributed by atoms with Gasteiger partial charge in [0, 0.05) is 18.8 Å². The fourth-order valence-corrected chi connectivity index (χ4v) is 2.02. The molecule has 17 heavy (non-hydrogen) atoms. The summed E-state index contributed by atoms with van der Waals surface area (Å²) in [5.74, 6) is 0.671. The van der Waals surface area contributed by atoms with E-state index in [2.05, 4.69) is 48.2 Å². The lowest BCUT2D eigenvalue weighted by molar-refractivity contribution is 0.272. The first kappa shape index (κ1) is 14.1. The molecular weight excluding hydrogens is 210 g/mol. The Bertz CT molecular complexity index is 325. The molecule has 1 rings (SSSR count). The van der Waals surface area contributed by atoms with Crippen LogP contribution in [0.3, 0.4) is 0 Å². The van der Waals surface area contributed by atoms with Crippen LogP contribution in [0.1, 0.15) is 25.2 Å². The van der Waals surface area contributed by atoms with Gasteiger partial charge in [-0.2, -0.15) is 0 Å². The first-order chi connectivity index (χ1) is 8.11. The van der Waals surface area contributed by atoms with Crippen LogP contribution < -0.4 is 5.32 Å². The Hall–Kier alpha value is -0.930. The molecule has 0 amide bonds. The second-order valence-corrected chi connectivity index (χ2v) is 4.88. The minimum Gasteiger partial charge on any atom is -0.317 e. The number of nitrogens with one attached hydrogen (secondary N) is 1. The minimum absolute atomic E-state index is 0.671. The van der Waals surface area contributed by atoms with Gasteiger partial charge in [-0.1, -0.05) is 19.9 Å². The van der Waals surface area contributed by atoms with Gasteiger partial charge in [0.25, 0.3) is 0 Å². The largest absolute Gasteiger partial charge is 0.317 e. The van der Waals surface area contributed by atoms with Crippen LogP contribution in [-0.4, -0.2) is 36.6 Å². The van der Waals surface area contributed by atoms with Crippen molar-refractivity contribution in [1.29, 1.82) is 0 Å². The van der Waals surface area contributed by atoms with Crippen LogP contribution in [0.25, 0.3) is 0 Å². The third-order valence-corrected chi connectivity index (χ3v) is 2.74. The highest BCUT2D eigenvalue weighted by Gasteiger charge is 2.07. The van der Waals surface area contributed by atoms with E-state index in [0.29, 0.717) is 5.92 Å². The molecule has 1 aromatic rings. The summed E-state index contributed by atoms with van der Waals surface area (Å²) in [6.45, 7) is 10.6. The van der Waals surface area contributed by atoms with Crippen molar-refractivity contribution in [3.8, 4) is 0 Å². The first-order valence-corrected chi connectivity index (χ1v) is 6.43. The van der Waals surface area contributed by atoms with Crippen LogP contribution in [0, 0.1) is 12.8 Å². The number of aromatic nitrogens is 1. The number of nitrogens with zero attached hydrogens (tertiary/aromatic N) is 2. The Kier molecular flexibility index (Phi) is 6.16. The summed E-state index contributed by atoms with van der Waals surface area (Å²) in [6.07, 6.45) is 0. The van der Waals surface area contributed by atoms with E-state index in [1.54, 1.807) is 0 Å². The summed E-state index contributed by atoms with van der Waals surface area (Å²) in [7, 11) is 2.16. The predicted octanol–water partition coefficient (Wildman–Crippen LogP) is 2.07. The normalized spacial score (nSPS) is 13.0. The average Bonchev–Trinajstić information content (AvgIpc) is 2.26. The van der Waals surface area contributed by atoms with Gasteiger partial charge in [-0.3, -0.25) is 4.98 Å². The second-order valence-electron chi connectivity index (χ2n) is 4.88.